The van der Waals surface area contributed by atoms with Gasteiger partial charge in [-0.15, -0.1) is 0 Å². The molecule has 0 aliphatic carbocycles. The highest BCUT2D eigenvalue weighted by Gasteiger charge is 2.37. The van der Waals surface area contributed by atoms with Crippen LogP contribution in [0.25, 0.3) is 0 Å². The van der Waals surface area contributed by atoms with Gasteiger partial charge >= 0.3 is 6.09 Å². The molecule has 24 heavy (non-hydrogen) atoms. The predicted octanol–water partition coefficient (Wildman–Crippen LogP) is 1.42. The van der Waals surface area contributed by atoms with E-state index in [4.69, 9.17) is 4.74 Å². The van der Waals surface area contributed by atoms with Crippen LogP contribution < -0.4 is 5.32 Å². The minimum atomic E-state index is -0.695. The maximum Gasteiger partial charge on any atom is 0.410 e. The van der Waals surface area contributed by atoms with Crippen molar-refractivity contribution < 1.29 is 14.6 Å². The molecule has 7 heteroatoms. The number of nitrogens with one attached hydrogen (secondary N) is 1. The molecule has 0 radical (unpaired) electrons. The first-order chi connectivity index (χ1) is 11.2. The number of amides is 1. The summed E-state index contributed by atoms with van der Waals surface area (Å²) >= 11 is 0. The Morgan fingerprint density at radius 2 is 2.00 bits per heavy atom. The van der Waals surface area contributed by atoms with E-state index in [-0.39, 0.29) is 12.1 Å². The number of guanidine groups is 1. The smallest absolute Gasteiger partial charge is 0.410 e. The molecule has 0 bridgehead atoms. The van der Waals surface area contributed by atoms with Gasteiger partial charge in [-0.05, 0) is 33.6 Å². The first-order valence-corrected chi connectivity index (χ1v) is 8.92. The topological polar surface area (TPSA) is 77.4 Å². The number of carbonyl (C=O) groups excluding carboxylic acids is 1. The van der Waals surface area contributed by atoms with Crippen LogP contribution in [0, 0.1) is 0 Å². The zero-order chi connectivity index (χ0) is 18.0. The van der Waals surface area contributed by atoms with Gasteiger partial charge in [-0.25, -0.2) is 4.79 Å². The highest BCUT2D eigenvalue weighted by molar-refractivity contribution is 5.82. The van der Waals surface area contributed by atoms with Crippen molar-refractivity contribution in [3.8, 4) is 0 Å². The number of carbonyl (C=O) groups is 1. The molecule has 1 saturated heterocycles. The molecule has 0 saturated carbocycles. The molecule has 2 heterocycles. The number of ether oxygens (including phenoxy) is 1. The van der Waals surface area contributed by atoms with Crippen LogP contribution in [0.4, 0.5) is 4.79 Å². The number of fused-ring (bicyclic) bond motifs is 1. The lowest BCUT2D eigenvalue weighted by atomic mass is 9.98. The molecule has 138 valence electrons. The Morgan fingerprint density at radius 1 is 1.33 bits per heavy atom. The fourth-order valence-electron chi connectivity index (χ4n) is 2.97. The molecule has 7 nitrogen and oxygen atoms in total. The lowest BCUT2D eigenvalue weighted by Crippen LogP contribution is -2.58. The Labute approximate surface area is 145 Å². The average Bonchev–Trinajstić information content (AvgIpc) is 2.93. The van der Waals surface area contributed by atoms with Crippen LogP contribution in [0.3, 0.4) is 0 Å². The summed E-state index contributed by atoms with van der Waals surface area (Å²) < 4.78 is 5.46. The molecular formula is C17H32N4O3. The monoisotopic (exact) mass is 340 g/mol. The first-order valence-electron chi connectivity index (χ1n) is 8.92. The van der Waals surface area contributed by atoms with Crippen LogP contribution in [0.15, 0.2) is 4.99 Å². The molecule has 2 aliphatic heterocycles. The van der Waals surface area contributed by atoms with Gasteiger partial charge in [-0.2, -0.15) is 0 Å². The molecule has 0 aromatic rings. The summed E-state index contributed by atoms with van der Waals surface area (Å²) in [6.07, 6.45) is 1.16. The van der Waals surface area contributed by atoms with Gasteiger partial charge in [0.15, 0.2) is 5.96 Å². The Balaban J connectivity index is 1.87. The highest BCUT2D eigenvalue weighted by atomic mass is 16.6. The van der Waals surface area contributed by atoms with E-state index in [2.05, 4.69) is 15.2 Å². The van der Waals surface area contributed by atoms with Crippen molar-refractivity contribution in [3.05, 3.63) is 0 Å². The van der Waals surface area contributed by atoms with Gasteiger partial charge in [0.05, 0.1) is 18.2 Å². The van der Waals surface area contributed by atoms with Crippen molar-refractivity contribution in [2.75, 3.05) is 32.7 Å². The van der Waals surface area contributed by atoms with E-state index in [1.807, 2.05) is 34.6 Å². The standard InChI is InChI=1S/C17H32N4O3/c1-6-17(23,7-2)12-19-14-18-10-13-11-20(8-9-21(13)14)15(22)24-16(3,4)5/h13,23H,6-12H2,1-5H3,(H,18,19). The third kappa shape index (κ3) is 4.53. The molecule has 0 spiro atoms. The van der Waals surface area contributed by atoms with Gasteiger partial charge in [-0.1, -0.05) is 13.8 Å². The molecule has 1 unspecified atom stereocenters. The van der Waals surface area contributed by atoms with E-state index in [1.165, 1.54) is 0 Å². The van der Waals surface area contributed by atoms with Crippen LogP contribution >= 0.6 is 0 Å². The summed E-state index contributed by atoms with van der Waals surface area (Å²) in [7, 11) is 0. The summed E-state index contributed by atoms with van der Waals surface area (Å²) in [5.41, 5.74) is -1.17. The van der Waals surface area contributed by atoms with Gasteiger partial charge < -0.3 is 25.0 Å². The van der Waals surface area contributed by atoms with Gasteiger partial charge in [-0.3, -0.25) is 4.99 Å². The Morgan fingerprint density at radius 3 is 2.58 bits per heavy atom. The molecule has 1 atom stereocenters. The predicted molar refractivity (Wildman–Crippen MR) is 94.1 cm³/mol. The maximum atomic E-state index is 12.2. The number of piperazine rings is 1. The van der Waals surface area contributed by atoms with E-state index in [9.17, 15) is 9.90 Å². The Kier molecular flexibility index (Phi) is 5.63. The van der Waals surface area contributed by atoms with E-state index in [0.29, 0.717) is 39.0 Å². The molecule has 1 fully saturated rings. The lowest BCUT2D eigenvalue weighted by Gasteiger charge is -2.39. The van der Waals surface area contributed by atoms with Crippen molar-refractivity contribution >= 4 is 12.1 Å². The van der Waals surface area contributed by atoms with Crippen LogP contribution in [0.2, 0.25) is 0 Å². The fourth-order valence-corrected chi connectivity index (χ4v) is 2.97. The second kappa shape index (κ2) is 7.17. The number of hydrogen-bond donors (Lipinski definition) is 2. The molecule has 0 aromatic heterocycles. The quantitative estimate of drug-likeness (QED) is 0.809. The second-order valence-electron chi connectivity index (χ2n) is 7.72. The number of aliphatic imine (C=N–C) groups is 1. The number of hydrogen-bond acceptors (Lipinski definition) is 6. The SMILES string of the molecule is CCC(O)(CC)CNC1=NCC2CN(C(=O)OC(C)(C)C)CCN12. The molecule has 0 aromatic carbocycles. The van der Waals surface area contributed by atoms with Gasteiger partial charge in [0.2, 0.25) is 0 Å². The number of rotatable bonds is 4. The minimum absolute atomic E-state index is 0.185. The third-order valence-electron chi connectivity index (χ3n) is 4.75. The molecule has 2 rings (SSSR count). The van der Waals surface area contributed by atoms with Crippen LogP contribution in [0.1, 0.15) is 47.5 Å². The fraction of sp³-hybridized carbons (Fsp3) is 0.882. The lowest BCUT2D eigenvalue weighted by molar-refractivity contribution is 0.0134. The number of aliphatic hydroxyl groups is 1. The van der Waals surface area contributed by atoms with E-state index < -0.39 is 11.2 Å². The van der Waals surface area contributed by atoms with Crippen molar-refractivity contribution in [2.45, 2.75) is 64.7 Å². The highest BCUT2D eigenvalue weighted by Crippen LogP contribution is 2.19. The first kappa shape index (κ1) is 18.8. The van der Waals surface area contributed by atoms with Crippen molar-refractivity contribution in [1.29, 1.82) is 0 Å². The zero-order valence-electron chi connectivity index (χ0n) is 15.6. The summed E-state index contributed by atoms with van der Waals surface area (Å²) in [5, 5.41) is 13.7. The van der Waals surface area contributed by atoms with Crippen molar-refractivity contribution in [3.63, 3.8) is 0 Å². The maximum absolute atomic E-state index is 12.2. The Bertz CT molecular complexity index is 483. The summed E-state index contributed by atoms with van der Waals surface area (Å²) in [4.78, 5) is 20.7. The largest absolute Gasteiger partial charge is 0.444 e. The van der Waals surface area contributed by atoms with Gasteiger partial charge in [0.1, 0.15) is 5.60 Å². The second-order valence-corrected chi connectivity index (χ2v) is 7.72. The van der Waals surface area contributed by atoms with E-state index >= 15 is 0 Å². The van der Waals surface area contributed by atoms with Crippen LogP contribution in [-0.2, 0) is 4.74 Å². The average molecular weight is 340 g/mol. The minimum Gasteiger partial charge on any atom is -0.444 e. The zero-order valence-corrected chi connectivity index (χ0v) is 15.6. The third-order valence-corrected chi connectivity index (χ3v) is 4.75. The van der Waals surface area contributed by atoms with Gasteiger partial charge in [0.25, 0.3) is 0 Å². The van der Waals surface area contributed by atoms with Crippen molar-refractivity contribution in [1.82, 2.24) is 15.1 Å². The van der Waals surface area contributed by atoms with Crippen LogP contribution in [0.5, 0.6) is 0 Å². The Hall–Kier alpha value is -1.50. The van der Waals surface area contributed by atoms with E-state index in [1.54, 1.807) is 4.90 Å². The summed E-state index contributed by atoms with van der Waals surface area (Å²) in [5.74, 6) is 0.837. The molecular weight excluding hydrogens is 308 g/mol. The van der Waals surface area contributed by atoms with Crippen LogP contribution in [-0.4, -0.2) is 76.9 Å². The van der Waals surface area contributed by atoms with Gasteiger partial charge in [0, 0.05) is 26.2 Å². The normalized spacial score (nSPS) is 21.4. The molecule has 2 aliphatic rings. The molecule has 1 amide bonds. The molecule has 2 N–H and O–H groups in total. The summed E-state index contributed by atoms with van der Waals surface area (Å²) in [6, 6.07) is 0.185. The van der Waals surface area contributed by atoms with E-state index in [0.717, 1.165) is 12.5 Å². The number of nitrogens with zero attached hydrogens (tertiary/aromatic N) is 3. The van der Waals surface area contributed by atoms with Crippen molar-refractivity contribution in [2.24, 2.45) is 4.99 Å². The summed E-state index contributed by atoms with van der Waals surface area (Å²) in [6.45, 7) is 12.8.